The molecule has 1 aromatic rings. The van der Waals surface area contributed by atoms with Crippen molar-refractivity contribution in [3.63, 3.8) is 0 Å². The Labute approximate surface area is 124 Å². The number of hydrogen-bond donors (Lipinski definition) is 2. The molecule has 4 nitrogen and oxygen atoms in total. The second kappa shape index (κ2) is 6.58. The Morgan fingerprint density at radius 2 is 1.71 bits per heavy atom. The summed E-state index contributed by atoms with van der Waals surface area (Å²) in [5.41, 5.74) is 1.36. The minimum absolute atomic E-state index is 0.366. The fourth-order valence-electron chi connectivity index (χ4n) is 2.73. The highest BCUT2D eigenvalue weighted by Gasteiger charge is 2.28. The summed E-state index contributed by atoms with van der Waals surface area (Å²) in [6, 6.07) is 6.97. The highest BCUT2D eigenvalue weighted by Crippen LogP contribution is 2.30. The van der Waals surface area contributed by atoms with Crippen LogP contribution in [0, 0.1) is 11.8 Å². The molecule has 1 aromatic carbocycles. The van der Waals surface area contributed by atoms with Crippen LogP contribution in [0.5, 0.6) is 0 Å². The topological polar surface area (TPSA) is 58.9 Å². The molecule has 1 unspecified atom stereocenters. The van der Waals surface area contributed by atoms with E-state index in [0.29, 0.717) is 30.5 Å². The highest BCUT2D eigenvalue weighted by molar-refractivity contribution is 6.58. The fourth-order valence-corrected chi connectivity index (χ4v) is 2.73. The Morgan fingerprint density at radius 3 is 2.29 bits per heavy atom. The van der Waals surface area contributed by atoms with E-state index in [1.54, 1.807) is 12.1 Å². The summed E-state index contributed by atoms with van der Waals surface area (Å²) in [6.07, 6.45) is 9.22. The van der Waals surface area contributed by atoms with Gasteiger partial charge in [-0.25, -0.2) is 0 Å². The summed E-state index contributed by atoms with van der Waals surface area (Å²) in [6.45, 7) is 1.36. The molecule has 0 radical (unpaired) electrons. The van der Waals surface area contributed by atoms with Crippen molar-refractivity contribution < 1.29 is 19.5 Å². The summed E-state index contributed by atoms with van der Waals surface area (Å²) in [5, 5.41) is 18.2. The van der Waals surface area contributed by atoms with Crippen LogP contribution in [-0.4, -0.2) is 30.4 Å². The first-order valence-corrected chi connectivity index (χ1v) is 7.26. The van der Waals surface area contributed by atoms with E-state index in [-0.39, 0.29) is 6.29 Å². The highest BCUT2D eigenvalue weighted by atomic mass is 16.7. The first-order valence-electron chi connectivity index (χ1n) is 7.26. The Hall–Kier alpha value is -1.40. The zero-order valence-electron chi connectivity index (χ0n) is 11.8. The van der Waals surface area contributed by atoms with Gasteiger partial charge in [0.15, 0.2) is 6.29 Å². The van der Waals surface area contributed by atoms with Gasteiger partial charge in [-0.15, -0.1) is 0 Å². The molecule has 0 spiro atoms. The SMILES string of the molecule is OB(O)c1ccc([C@H]2OC[C@H](C3C=CC=CC3)CO2)cc1. The molecular weight excluding hydrogens is 267 g/mol. The van der Waals surface area contributed by atoms with Gasteiger partial charge in [0, 0.05) is 11.5 Å². The molecule has 3 rings (SSSR count). The van der Waals surface area contributed by atoms with Crippen molar-refractivity contribution in [2.24, 2.45) is 11.8 Å². The third-order valence-corrected chi connectivity index (χ3v) is 4.05. The van der Waals surface area contributed by atoms with E-state index < -0.39 is 7.12 Å². The fraction of sp³-hybridized carbons (Fsp3) is 0.375. The van der Waals surface area contributed by atoms with Gasteiger partial charge in [0.2, 0.25) is 0 Å². The second-order valence-electron chi connectivity index (χ2n) is 5.51. The van der Waals surface area contributed by atoms with E-state index in [4.69, 9.17) is 19.5 Å². The molecule has 2 aliphatic rings. The minimum Gasteiger partial charge on any atom is -0.423 e. The van der Waals surface area contributed by atoms with Crippen molar-refractivity contribution in [1.29, 1.82) is 0 Å². The first-order chi connectivity index (χ1) is 10.2. The van der Waals surface area contributed by atoms with E-state index in [2.05, 4.69) is 24.3 Å². The molecule has 5 heteroatoms. The van der Waals surface area contributed by atoms with Crippen molar-refractivity contribution in [2.75, 3.05) is 13.2 Å². The quantitative estimate of drug-likeness (QED) is 0.819. The summed E-state index contributed by atoms with van der Waals surface area (Å²) >= 11 is 0. The lowest BCUT2D eigenvalue weighted by Gasteiger charge is -2.33. The molecule has 1 saturated heterocycles. The molecule has 1 heterocycles. The third-order valence-electron chi connectivity index (χ3n) is 4.05. The maximum Gasteiger partial charge on any atom is 0.488 e. The summed E-state index contributed by atoms with van der Waals surface area (Å²) in [7, 11) is -1.44. The van der Waals surface area contributed by atoms with Crippen LogP contribution in [0.1, 0.15) is 18.3 Å². The lowest BCUT2D eigenvalue weighted by molar-refractivity contribution is -0.210. The normalized spacial score (nSPS) is 28.6. The maximum atomic E-state index is 9.09. The molecule has 0 bridgehead atoms. The smallest absolute Gasteiger partial charge is 0.423 e. The van der Waals surface area contributed by atoms with Gasteiger partial charge in [-0.05, 0) is 17.8 Å². The van der Waals surface area contributed by atoms with E-state index in [0.717, 1.165) is 12.0 Å². The number of ether oxygens (including phenoxy) is 2. The van der Waals surface area contributed by atoms with Gasteiger partial charge in [-0.1, -0.05) is 48.6 Å². The molecule has 1 aliphatic carbocycles. The predicted octanol–water partition coefficient (Wildman–Crippen LogP) is 1.16. The van der Waals surface area contributed by atoms with Gasteiger partial charge in [-0.3, -0.25) is 0 Å². The van der Waals surface area contributed by atoms with E-state index >= 15 is 0 Å². The minimum atomic E-state index is -1.44. The van der Waals surface area contributed by atoms with Crippen LogP contribution in [0.4, 0.5) is 0 Å². The Morgan fingerprint density at radius 1 is 1.00 bits per heavy atom. The summed E-state index contributed by atoms with van der Waals surface area (Å²) < 4.78 is 11.6. The van der Waals surface area contributed by atoms with Crippen molar-refractivity contribution in [3.8, 4) is 0 Å². The lowest BCUT2D eigenvalue weighted by atomic mass is 9.80. The molecule has 110 valence electrons. The van der Waals surface area contributed by atoms with E-state index in [9.17, 15) is 0 Å². The monoisotopic (exact) mass is 286 g/mol. The van der Waals surface area contributed by atoms with Gasteiger partial charge >= 0.3 is 7.12 Å². The number of rotatable bonds is 3. The average molecular weight is 286 g/mol. The van der Waals surface area contributed by atoms with Crippen LogP contribution in [0.2, 0.25) is 0 Å². The zero-order valence-corrected chi connectivity index (χ0v) is 11.8. The van der Waals surface area contributed by atoms with E-state index in [1.165, 1.54) is 0 Å². The van der Waals surface area contributed by atoms with Crippen molar-refractivity contribution in [3.05, 3.63) is 54.1 Å². The molecule has 2 N–H and O–H groups in total. The van der Waals surface area contributed by atoms with Gasteiger partial charge in [0.25, 0.3) is 0 Å². The maximum absolute atomic E-state index is 9.09. The Bertz CT molecular complexity index is 516. The molecule has 0 amide bonds. The molecular formula is C16H19BO4. The number of allylic oxidation sites excluding steroid dienone is 4. The molecule has 1 fully saturated rings. The molecule has 0 aromatic heterocycles. The predicted molar refractivity (Wildman–Crippen MR) is 80.8 cm³/mol. The van der Waals surface area contributed by atoms with E-state index in [1.807, 2.05) is 12.1 Å². The number of hydrogen-bond acceptors (Lipinski definition) is 4. The summed E-state index contributed by atoms with van der Waals surface area (Å²) in [4.78, 5) is 0. The van der Waals surface area contributed by atoms with Crippen LogP contribution >= 0.6 is 0 Å². The molecule has 21 heavy (non-hydrogen) atoms. The standard InChI is InChI=1S/C16H19BO4/c18-17(19)15-8-6-13(7-9-15)16-20-10-14(11-21-16)12-4-2-1-3-5-12/h1-4,6-9,12,14,16,18-19H,5,10-11H2/t12?,14-,16-. The van der Waals surface area contributed by atoms with Crippen LogP contribution in [0.3, 0.4) is 0 Å². The van der Waals surface area contributed by atoms with Gasteiger partial charge in [0.1, 0.15) is 0 Å². The van der Waals surface area contributed by atoms with Crippen LogP contribution in [0.25, 0.3) is 0 Å². The molecule has 1 atom stereocenters. The largest absolute Gasteiger partial charge is 0.488 e. The third kappa shape index (κ3) is 3.44. The van der Waals surface area contributed by atoms with Crippen LogP contribution in [0.15, 0.2) is 48.6 Å². The van der Waals surface area contributed by atoms with Crippen LogP contribution in [-0.2, 0) is 9.47 Å². The van der Waals surface area contributed by atoms with Crippen molar-refractivity contribution in [1.82, 2.24) is 0 Å². The zero-order chi connectivity index (χ0) is 14.7. The Balaban J connectivity index is 1.57. The number of benzene rings is 1. The Kier molecular flexibility index (Phi) is 4.55. The van der Waals surface area contributed by atoms with Crippen LogP contribution < -0.4 is 5.46 Å². The summed E-state index contributed by atoms with van der Waals surface area (Å²) in [5.74, 6) is 0.879. The van der Waals surface area contributed by atoms with Gasteiger partial charge in [-0.2, -0.15) is 0 Å². The molecule has 1 aliphatic heterocycles. The van der Waals surface area contributed by atoms with Crippen molar-refractivity contribution in [2.45, 2.75) is 12.7 Å². The van der Waals surface area contributed by atoms with Gasteiger partial charge < -0.3 is 19.5 Å². The average Bonchev–Trinajstić information content (AvgIpc) is 2.56. The van der Waals surface area contributed by atoms with Gasteiger partial charge in [0.05, 0.1) is 13.2 Å². The first kappa shape index (κ1) is 14.5. The molecule has 0 saturated carbocycles. The lowest BCUT2D eigenvalue weighted by Crippen LogP contribution is -2.32. The second-order valence-corrected chi connectivity index (χ2v) is 5.51. The van der Waals surface area contributed by atoms with Crippen molar-refractivity contribution >= 4 is 12.6 Å².